The molecule has 0 spiro atoms. The van der Waals surface area contributed by atoms with Gasteiger partial charge in [0.15, 0.2) is 0 Å². The summed E-state index contributed by atoms with van der Waals surface area (Å²) < 4.78 is 7.37. The van der Waals surface area contributed by atoms with Crippen molar-refractivity contribution >= 4 is 17.1 Å². The van der Waals surface area contributed by atoms with E-state index in [2.05, 4.69) is 40.7 Å². The minimum atomic E-state index is -0.400. The second kappa shape index (κ2) is 8.54. The largest absolute Gasteiger partial charge is 0.466 e. The van der Waals surface area contributed by atoms with Crippen molar-refractivity contribution in [2.75, 3.05) is 6.61 Å². The van der Waals surface area contributed by atoms with Gasteiger partial charge in [-0.25, -0.2) is 4.98 Å². The molecule has 5 heteroatoms. The van der Waals surface area contributed by atoms with Gasteiger partial charge in [0.05, 0.1) is 42.9 Å². The molecule has 4 rings (SSSR count). The van der Waals surface area contributed by atoms with Crippen molar-refractivity contribution in [2.24, 2.45) is 11.8 Å². The zero-order valence-electron chi connectivity index (χ0n) is 17.3. The molecule has 0 amide bonds. The summed E-state index contributed by atoms with van der Waals surface area (Å²) >= 11 is 0. The number of imidazole rings is 1. The number of rotatable bonds is 6. The highest BCUT2D eigenvalue weighted by Crippen LogP contribution is 2.45. The van der Waals surface area contributed by atoms with Crippen LogP contribution in [0, 0.1) is 11.8 Å². The number of esters is 1. The Kier molecular flexibility index (Phi) is 5.86. The molecular formula is C24H30N2O3. The zero-order chi connectivity index (χ0) is 20.4. The third kappa shape index (κ3) is 3.88. The third-order valence-electron chi connectivity index (χ3n) is 6.61. The van der Waals surface area contributed by atoms with Crippen molar-refractivity contribution in [1.82, 2.24) is 9.55 Å². The van der Waals surface area contributed by atoms with Crippen LogP contribution in [0.15, 0.2) is 42.9 Å². The second-order valence-electron chi connectivity index (χ2n) is 8.27. The standard InChI is InChI=1S/C24H30N2O3/c1-3-29-24(28)19-11-9-17(10-12-19)22(27)13-20-23(18-7-5-4-6-8-18)16(2)21-14-25-15-26(20)21/h4-8,14-15,17,19-20,22,27H,3,9-13H2,1-2H3/t17-,19-,20?,22-/m0/s1. The molecule has 1 fully saturated rings. The van der Waals surface area contributed by atoms with Crippen molar-refractivity contribution in [3.63, 3.8) is 0 Å². The summed E-state index contributed by atoms with van der Waals surface area (Å²) in [5.74, 6) is 0.141. The molecular weight excluding hydrogens is 364 g/mol. The van der Waals surface area contributed by atoms with E-state index >= 15 is 0 Å². The van der Waals surface area contributed by atoms with Crippen LogP contribution in [-0.2, 0) is 9.53 Å². The molecule has 1 saturated carbocycles. The van der Waals surface area contributed by atoms with Crippen molar-refractivity contribution in [2.45, 2.75) is 58.1 Å². The second-order valence-corrected chi connectivity index (χ2v) is 8.27. The SMILES string of the molecule is CCOC(=O)[C@H]1CC[C@H]([C@@H](O)CC2C(c3ccccc3)=C(C)c3cncn32)CC1. The number of aliphatic hydroxyl groups excluding tert-OH is 1. The van der Waals surface area contributed by atoms with Gasteiger partial charge in [0.25, 0.3) is 0 Å². The van der Waals surface area contributed by atoms with Gasteiger partial charge in [0, 0.05) is 0 Å². The van der Waals surface area contributed by atoms with Crippen LogP contribution in [0.2, 0.25) is 0 Å². The summed E-state index contributed by atoms with van der Waals surface area (Å²) in [6, 6.07) is 10.5. The van der Waals surface area contributed by atoms with Crippen molar-refractivity contribution in [3.8, 4) is 0 Å². The Labute approximate surface area is 172 Å². The molecule has 1 aliphatic carbocycles. The fourth-order valence-corrected chi connectivity index (χ4v) is 5.05. The van der Waals surface area contributed by atoms with Gasteiger partial charge < -0.3 is 14.4 Å². The monoisotopic (exact) mass is 394 g/mol. The van der Waals surface area contributed by atoms with Crippen LogP contribution in [0.3, 0.4) is 0 Å². The van der Waals surface area contributed by atoms with Gasteiger partial charge in [-0.3, -0.25) is 4.79 Å². The van der Waals surface area contributed by atoms with Crippen LogP contribution in [-0.4, -0.2) is 33.3 Å². The minimum absolute atomic E-state index is 0.00727. The summed E-state index contributed by atoms with van der Waals surface area (Å²) in [5, 5.41) is 11.1. The normalized spacial score (nSPS) is 25.0. The van der Waals surface area contributed by atoms with Crippen molar-refractivity contribution < 1.29 is 14.6 Å². The summed E-state index contributed by atoms with van der Waals surface area (Å²) in [5.41, 5.74) is 4.85. The number of hydrogen-bond donors (Lipinski definition) is 1. The lowest BCUT2D eigenvalue weighted by Gasteiger charge is -2.32. The Morgan fingerprint density at radius 3 is 2.66 bits per heavy atom. The van der Waals surface area contributed by atoms with E-state index < -0.39 is 6.10 Å². The van der Waals surface area contributed by atoms with Gasteiger partial charge in [0.1, 0.15) is 0 Å². The van der Waals surface area contributed by atoms with Crippen LogP contribution in [0.4, 0.5) is 0 Å². The third-order valence-corrected chi connectivity index (χ3v) is 6.61. The number of carbonyl (C=O) groups excluding carboxylic acids is 1. The predicted molar refractivity (Wildman–Crippen MR) is 113 cm³/mol. The van der Waals surface area contributed by atoms with E-state index in [1.165, 1.54) is 16.7 Å². The molecule has 1 N–H and O–H groups in total. The molecule has 1 aliphatic heterocycles. The molecule has 5 nitrogen and oxygen atoms in total. The highest BCUT2D eigenvalue weighted by molar-refractivity contribution is 5.93. The molecule has 2 aliphatic rings. The number of fused-ring (bicyclic) bond motifs is 1. The first kappa shape index (κ1) is 19.9. The van der Waals surface area contributed by atoms with Crippen LogP contribution >= 0.6 is 0 Å². The van der Waals surface area contributed by atoms with Crippen LogP contribution < -0.4 is 0 Å². The fourth-order valence-electron chi connectivity index (χ4n) is 5.05. The zero-order valence-corrected chi connectivity index (χ0v) is 17.3. The van der Waals surface area contributed by atoms with E-state index in [9.17, 15) is 9.90 Å². The maximum Gasteiger partial charge on any atom is 0.308 e. The summed E-state index contributed by atoms with van der Waals surface area (Å²) in [4.78, 5) is 16.3. The van der Waals surface area contributed by atoms with Crippen LogP contribution in [0.1, 0.15) is 63.3 Å². The maximum atomic E-state index is 12.0. The Hall–Kier alpha value is -2.40. The number of nitrogens with zero attached hydrogens (tertiary/aromatic N) is 2. The van der Waals surface area contributed by atoms with Crippen LogP contribution in [0.5, 0.6) is 0 Å². The molecule has 29 heavy (non-hydrogen) atoms. The van der Waals surface area contributed by atoms with Crippen molar-refractivity contribution in [1.29, 1.82) is 0 Å². The number of carbonyl (C=O) groups is 1. The minimum Gasteiger partial charge on any atom is -0.466 e. The van der Waals surface area contributed by atoms with Gasteiger partial charge in [-0.05, 0) is 68.6 Å². The molecule has 2 heterocycles. The highest BCUT2D eigenvalue weighted by atomic mass is 16.5. The average molecular weight is 395 g/mol. The first-order valence-corrected chi connectivity index (χ1v) is 10.7. The Morgan fingerprint density at radius 1 is 1.24 bits per heavy atom. The fraction of sp³-hybridized carbons (Fsp3) is 0.500. The molecule has 154 valence electrons. The lowest BCUT2D eigenvalue weighted by Crippen LogP contribution is -2.31. The number of benzene rings is 1. The highest BCUT2D eigenvalue weighted by Gasteiger charge is 2.36. The Morgan fingerprint density at radius 2 is 1.97 bits per heavy atom. The first-order chi connectivity index (χ1) is 14.1. The molecule has 1 aromatic carbocycles. The van der Waals surface area contributed by atoms with E-state index in [0.29, 0.717) is 13.0 Å². The van der Waals surface area contributed by atoms with Gasteiger partial charge in [-0.2, -0.15) is 0 Å². The molecule has 1 aromatic heterocycles. The van der Waals surface area contributed by atoms with E-state index in [-0.39, 0.29) is 23.8 Å². The predicted octanol–water partition coefficient (Wildman–Crippen LogP) is 4.49. The van der Waals surface area contributed by atoms with Gasteiger partial charge >= 0.3 is 5.97 Å². The smallest absolute Gasteiger partial charge is 0.308 e. The maximum absolute atomic E-state index is 12.0. The van der Waals surface area contributed by atoms with Crippen molar-refractivity contribution in [3.05, 3.63) is 54.1 Å². The Balaban J connectivity index is 1.48. The molecule has 1 unspecified atom stereocenters. The molecule has 2 aromatic rings. The molecule has 2 atom stereocenters. The lowest BCUT2D eigenvalue weighted by atomic mass is 9.77. The van der Waals surface area contributed by atoms with E-state index in [0.717, 1.165) is 31.4 Å². The number of aliphatic hydroxyl groups is 1. The van der Waals surface area contributed by atoms with Crippen LogP contribution in [0.25, 0.3) is 11.1 Å². The summed E-state index contributed by atoms with van der Waals surface area (Å²) in [6.07, 6.45) is 7.42. The first-order valence-electron chi connectivity index (χ1n) is 10.7. The average Bonchev–Trinajstić information content (AvgIpc) is 3.32. The topological polar surface area (TPSA) is 64.3 Å². The number of allylic oxidation sites excluding steroid dienone is 2. The Bertz CT molecular complexity index is 879. The number of ether oxygens (including phenoxy) is 1. The van der Waals surface area contributed by atoms with E-state index in [1.54, 1.807) is 0 Å². The summed E-state index contributed by atoms with van der Waals surface area (Å²) in [7, 11) is 0. The number of aromatic nitrogens is 2. The molecule has 0 radical (unpaired) electrons. The van der Waals surface area contributed by atoms with E-state index in [1.807, 2.05) is 25.5 Å². The van der Waals surface area contributed by atoms with Gasteiger partial charge in [-0.1, -0.05) is 30.3 Å². The molecule has 0 bridgehead atoms. The quantitative estimate of drug-likeness (QED) is 0.733. The van der Waals surface area contributed by atoms with Gasteiger partial charge in [-0.15, -0.1) is 0 Å². The summed E-state index contributed by atoms with van der Waals surface area (Å²) in [6.45, 7) is 4.43. The lowest BCUT2D eigenvalue weighted by molar-refractivity contribution is -0.149. The molecule has 0 saturated heterocycles. The number of hydrogen-bond acceptors (Lipinski definition) is 4. The van der Waals surface area contributed by atoms with Gasteiger partial charge in [0.2, 0.25) is 0 Å². The van der Waals surface area contributed by atoms with E-state index in [4.69, 9.17) is 4.74 Å².